The maximum atomic E-state index is 10.5. The van der Waals surface area contributed by atoms with Crippen molar-refractivity contribution in [1.29, 1.82) is 0 Å². The van der Waals surface area contributed by atoms with Gasteiger partial charge in [0.1, 0.15) is 0 Å². The third-order valence-corrected chi connectivity index (χ3v) is 2.57. The van der Waals surface area contributed by atoms with Crippen LogP contribution in [0.25, 0.3) is 0 Å². The van der Waals surface area contributed by atoms with E-state index in [0.29, 0.717) is 11.5 Å². The first kappa shape index (κ1) is 10.3. The zero-order chi connectivity index (χ0) is 9.84. The average molecular weight is 184 g/mol. The van der Waals surface area contributed by atoms with Crippen molar-refractivity contribution in [2.24, 2.45) is 5.92 Å². The lowest BCUT2D eigenvalue weighted by Crippen LogP contribution is -2.38. The Balaban J connectivity index is 2.33. The molecule has 0 aromatic heterocycles. The molecule has 1 aliphatic heterocycles. The quantitative estimate of drug-likeness (QED) is 0.678. The van der Waals surface area contributed by atoms with Crippen molar-refractivity contribution >= 4 is 5.97 Å². The van der Waals surface area contributed by atoms with Gasteiger partial charge in [-0.25, -0.2) is 4.79 Å². The molecule has 13 heavy (non-hydrogen) atoms. The zero-order valence-electron chi connectivity index (χ0n) is 8.12. The minimum atomic E-state index is -0.840. The number of carboxylic acid groups (broad SMARTS) is 1. The number of carboxylic acids is 1. The summed E-state index contributed by atoms with van der Waals surface area (Å²) < 4.78 is 5.33. The fraction of sp³-hybridized carbons (Fsp3) is 0.700. The van der Waals surface area contributed by atoms with Gasteiger partial charge in [-0.2, -0.15) is 0 Å². The summed E-state index contributed by atoms with van der Waals surface area (Å²) in [6.07, 6.45) is 3.84. The maximum absolute atomic E-state index is 10.5. The van der Waals surface area contributed by atoms with Crippen LogP contribution in [0.2, 0.25) is 0 Å². The highest BCUT2D eigenvalue weighted by Crippen LogP contribution is 2.26. The third-order valence-electron chi connectivity index (χ3n) is 2.57. The zero-order valence-corrected chi connectivity index (χ0v) is 8.12. The molecule has 1 fully saturated rings. The highest BCUT2D eigenvalue weighted by atomic mass is 16.5. The Bertz CT molecular complexity index is 218. The Morgan fingerprint density at radius 1 is 1.69 bits per heavy atom. The first-order chi connectivity index (χ1) is 6.15. The second-order valence-electron chi connectivity index (χ2n) is 3.47. The first-order valence-electron chi connectivity index (χ1n) is 4.66. The number of rotatable bonds is 4. The van der Waals surface area contributed by atoms with Crippen LogP contribution < -0.4 is 0 Å². The van der Waals surface area contributed by atoms with Crippen molar-refractivity contribution in [2.75, 3.05) is 6.61 Å². The van der Waals surface area contributed by atoms with Gasteiger partial charge in [0, 0.05) is 11.5 Å². The molecule has 2 unspecified atom stereocenters. The van der Waals surface area contributed by atoms with Gasteiger partial charge in [0.15, 0.2) is 0 Å². The van der Waals surface area contributed by atoms with Gasteiger partial charge >= 0.3 is 5.97 Å². The SMILES string of the molecule is CCC1COC1CC=C(C)C(=O)O. The predicted molar refractivity (Wildman–Crippen MR) is 49.5 cm³/mol. The predicted octanol–water partition coefficient (Wildman–Crippen LogP) is 1.83. The number of carbonyl (C=O) groups is 1. The van der Waals surface area contributed by atoms with Gasteiger partial charge in [-0.05, 0) is 19.8 Å². The van der Waals surface area contributed by atoms with Crippen molar-refractivity contribution in [3.05, 3.63) is 11.6 Å². The number of ether oxygens (including phenoxy) is 1. The Morgan fingerprint density at radius 2 is 2.38 bits per heavy atom. The molecule has 2 atom stereocenters. The molecule has 0 aromatic carbocycles. The molecule has 3 nitrogen and oxygen atoms in total. The van der Waals surface area contributed by atoms with Crippen LogP contribution in [0.15, 0.2) is 11.6 Å². The molecule has 0 aromatic rings. The van der Waals surface area contributed by atoms with E-state index in [0.717, 1.165) is 19.4 Å². The minimum absolute atomic E-state index is 0.249. The molecular weight excluding hydrogens is 168 g/mol. The van der Waals surface area contributed by atoms with Crippen LogP contribution in [0.3, 0.4) is 0 Å². The second-order valence-corrected chi connectivity index (χ2v) is 3.47. The van der Waals surface area contributed by atoms with E-state index in [1.165, 1.54) is 0 Å². The van der Waals surface area contributed by atoms with Crippen LogP contribution >= 0.6 is 0 Å². The Labute approximate surface area is 78.4 Å². The van der Waals surface area contributed by atoms with Crippen molar-refractivity contribution < 1.29 is 14.6 Å². The van der Waals surface area contributed by atoms with Gasteiger partial charge in [-0.15, -0.1) is 0 Å². The van der Waals surface area contributed by atoms with E-state index in [1.54, 1.807) is 13.0 Å². The lowest BCUT2D eigenvalue weighted by molar-refractivity contribution is -0.132. The average Bonchev–Trinajstić information content (AvgIpc) is 2.03. The third kappa shape index (κ3) is 2.56. The Hall–Kier alpha value is -0.830. The van der Waals surface area contributed by atoms with Crippen LogP contribution in [-0.4, -0.2) is 23.8 Å². The molecule has 3 heteroatoms. The van der Waals surface area contributed by atoms with E-state index in [4.69, 9.17) is 9.84 Å². The highest BCUT2D eigenvalue weighted by molar-refractivity contribution is 5.85. The largest absolute Gasteiger partial charge is 0.478 e. The van der Waals surface area contributed by atoms with Gasteiger partial charge in [0.05, 0.1) is 12.7 Å². The fourth-order valence-electron chi connectivity index (χ4n) is 1.39. The molecule has 1 N–H and O–H groups in total. The van der Waals surface area contributed by atoms with Gasteiger partial charge in [-0.3, -0.25) is 0 Å². The first-order valence-corrected chi connectivity index (χ1v) is 4.66. The summed E-state index contributed by atoms with van der Waals surface area (Å²) in [6, 6.07) is 0. The molecule has 74 valence electrons. The van der Waals surface area contributed by atoms with Crippen molar-refractivity contribution in [3.63, 3.8) is 0 Å². The smallest absolute Gasteiger partial charge is 0.330 e. The fourth-order valence-corrected chi connectivity index (χ4v) is 1.39. The molecule has 0 amide bonds. The monoisotopic (exact) mass is 184 g/mol. The molecular formula is C10H16O3. The summed E-state index contributed by atoms with van der Waals surface area (Å²) >= 11 is 0. The van der Waals surface area contributed by atoms with E-state index in [-0.39, 0.29) is 6.10 Å². The molecule has 0 aliphatic carbocycles. The van der Waals surface area contributed by atoms with E-state index in [2.05, 4.69) is 6.92 Å². The van der Waals surface area contributed by atoms with Crippen LogP contribution in [0.5, 0.6) is 0 Å². The Kier molecular flexibility index (Phi) is 3.48. The van der Waals surface area contributed by atoms with Crippen molar-refractivity contribution in [3.8, 4) is 0 Å². The Morgan fingerprint density at radius 3 is 2.77 bits per heavy atom. The summed E-state index contributed by atoms with van der Waals surface area (Å²) in [5, 5.41) is 8.60. The lowest BCUT2D eigenvalue weighted by atomic mass is 9.92. The van der Waals surface area contributed by atoms with Crippen molar-refractivity contribution in [2.45, 2.75) is 32.8 Å². The maximum Gasteiger partial charge on any atom is 0.330 e. The summed E-state index contributed by atoms with van der Waals surface area (Å²) in [5.41, 5.74) is 0.408. The minimum Gasteiger partial charge on any atom is -0.478 e. The molecule has 1 heterocycles. The standard InChI is InChI=1S/C10H16O3/c1-3-8-6-13-9(8)5-4-7(2)10(11)12/h4,8-9H,3,5-6H2,1-2H3,(H,11,12). The lowest BCUT2D eigenvalue weighted by Gasteiger charge is -2.35. The second kappa shape index (κ2) is 4.42. The molecule has 1 aliphatic rings. The molecule has 1 rings (SSSR count). The molecule has 1 saturated heterocycles. The van der Waals surface area contributed by atoms with E-state index >= 15 is 0 Å². The van der Waals surface area contributed by atoms with Gasteiger partial charge in [0.25, 0.3) is 0 Å². The van der Waals surface area contributed by atoms with Gasteiger partial charge in [0.2, 0.25) is 0 Å². The summed E-state index contributed by atoms with van der Waals surface area (Å²) in [6.45, 7) is 4.58. The van der Waals surface area contributed by atoms with Gasteiger partial charge in [-0.1, -0.05) is 13.0 Å². The number of hydrogen-bond acceptors (Lipinski definition) is 2. The molecule has 0 bridgehead atoms. The molecule has 0 radical (unpaired) electrons. The van der Waals surface area contributed by atoms with Crippen LogP contribution in [0.1, 0.15) is 26.7 Å². The molecule has 0 spiro atoms. The van der Waals surface area contributed by atoms with E-state index in [1.807, 2.05) is 0 Å². The molecule has 0 saturated carbocycles. The van der Waals surface area contributed by atoms with Gasteiger partial charge < -0.3 is 9.84 Å². The summed E-state index contributed by atoms with van der Waals surface area (Å²) in [5.74, 6) is -0.217. The normalized spacial score (nSPS) is 28.3. The van der Waals surface area contributed by atoms with Crippen molar-refractivity contribution in [1.82, 2.24) is 0 Å². The number of hydrogen-bond donors (Lipinski definition) is 1. The van der Waals surface area contributed by atoms with Crippen LogP contribution in [0.4, 0.5) is 0 Å². The van der Waals surface area contributed by atoms with Crippen LogP contribution in [0, 0.1) is 5.92 Å². The summed E-state index contributed by atoms with van der Waals surface area (Å²) in [4.78, 5) is 10.5. The van der Waals surface area contributed by atoms with E-state index < -0.39 is 5.97 Å². The number of aliphatic carboxylic acids is 1. The van der Waals surface area contributed by atoms with Crippen LogP contribution in [-0.2, 0) is 9.53 Å². The highest BCUT2D eigenvalue weighted by Gasteiger charge is 2.29. The van der Waals surface area contributed by atoms with E-state index in [9.17, 15) is 4.79 Å². The topological polar surface area (TPSA) is 46.5 Å². The summed E-state index contributed by atoms with van der Waals surface area (Å²) in [7, 11) is 0.